The number of furan rings is 1. The lowest BCUT2D eigenvalue weighted by Gasteiger charge is -2.16. The van der Waals surface area contributed by atoms with Gasteiger partial charge in [0.15, 0.2) is 5.76 Å². The van der Waals surface area contributed by atoms with Crippen LogP contribution in [0.1, 0.15) is 53.8 Å². The maximum absolute atomic E-state index is 12.5. The number of carbonyl (C=O) groups is 1. The minimum Gasteiger partial charge on any atom is -0.455 e. The third-order valence-corrected chi connectivity index (χ3v) is 5.14. The molecule has 1 aromatic carbocycles. The SMILES string of the molecule is CCN(CC)Cc1ccc(C(=O)N[C@@H]2CCc3cc(Br)ccc32)o1. The van der Waals surface area contributed by atoms with Gasteiger partial charge in [0.25, 0.3) is 5.91 Å². The Hall–Kier alpha value is -1.59. The first-order valence-corrected chi connectivity index (χ1v) is 9.30. The molecule has 0 fully saturated rings. The van der Waals surface area contributed by atoms with Crippen LogP contribution in [0.25, 0.3) is 0 Å². The van der Waals surface area contributed by atoms with Gasteiger partial charge in [-0.05, 0) is 61.3 Å². The molecule has 1 aliphatic carbocycles. The van der Waals surface area contributed by atoms with Crippen LogP contribution in [-0.4, -0.2) is 23.9 Å². The quantitative estimate of drug-likeness (QED) is 0.799. The number of hydrogen-bond donors (Lipinski definition) is 1. The highest BCUT2D eigenvalue weighted by Crippen LogP contribution is 2.33. The summed E-state index contributed by atoms with van der Waals surface area (Å²) in [5.41, 5.74) is 2.51. The number of carbonyl (C=O) groups excluding carboxylic acids is 1. The number of rotatable bonds is 6. The van der Waals surface area contributed by atoms with E-state index in [9.17, 15) is 4.79 Å². The van der Waals surface area contributed by atoms with Gasteiger partial charge in [-0.15, -0.1) is 0 Å². The molecule has 24 heavy (non-hydrogen) atoms. The van der Waals surface area contributed by atoms with Crippen LogP contribution in [0.5, 0.6) is 0 Å². The third kappa shape index (κ3) is 3.73. The molecule has 1 aromatic heterocycles. The van der Waals surface area contributed by atoms with Gasteiger partial charge in [0, 0.05) is 4.47 Å². The normalized spacial score (nSPS) is 16.4. The van der Waals surface area contributed by atoms with E-state index in [1.165, 1.54) is 11.1 Å². The number of hydrogen-bond acceptors (Lipinski definition) is 3. The highest BCUT2D eigenvalue weighted by Gasteiger charge is 2.25. The van der Waals surface area contributed by atoms with E-state index in [0.29, 0.717) is 5.76 Å². The average molecular weight is 391 g/mol. The minimum absolute atomic E-state index is 0.0666. The van der Waals surface area contributed by atoms with Gasteiger partial charge >= 0.3 is 0 Å². The van der Waals surface area contributed by atoms with Crippen molar-refractivity contribution in [1.29, 1.82) is 0 Å². The number of nitrogens with zero attached hydrogens (tertiary/aromatic N) is 1. The average Bonchev–Trinajstić information content (AvgIpc) is 3.19. The van der Waals surface area contributed by atoms with Crippen molar-refractivity contribution in [2.75, 3.05) is 13.1 Å². The van der Waals surface area contributed by atoms with Gasteiger partial charge in [-0.25, -0.2) is 0 Å². The Morgan fingerprint density at radius 2 is 2.08 bits per heavy atom. The maximum Gasteiger partial charge on any atom is 0.287 e. The molecule has 0 saturated carbocycles. The number of fused-ring (bicyclic) bond motifs is 1. The molecule has 5 heteroatoms. The number of amides is 1. The second-order valence-electron chi connectivity index (χ2n) is 6.14. The van der Waals surface area contributed by atoms with Crippen LogP contribution in [0.3, 0.4) is 0 Å². The van der Waals surface area contributed by atoms with E-state index in [4.69, 9.17) is 4.42 Å². The molecule has 2 aromatic rings. The molecule has 128 valence electrons. The second kappa shape index (κ2) is 7.53. The molecule has 4 nitrogen and oxygen atoms in total. The predicted molar refractivity (Wildman–Crippen MR) is 98.0 cm³/mol. The first kappa shape index (κ1) is 17.2. The Bertz CT molecular complexity index is 722. The number of nitrogens with one attached hydrogen (secondary N) is 1. The molecule has 0 radical (unpaired) electrons. The molecule has 1 N–H and O–H groups in total. The van der Waals surface area contributed by atoms with Gasteiger partial charge < -0.3 is 9.73 Å². The zero-order valence-electron chi connectivity index (χ0n) is 14.1. The van der Waals surface area contributed by atoms with Crippen molar-refractivity contribution in [2.24, 2.45) is 0 Å². The van der Waals surface area contributed by atoms with Crippen LogP contribution in [0, 0.1) is 0 Å². The summed E-state index contributed by atoms with van der Waals surface area (Å²) in [5, 5.41) is 3.10. The summed E-state index contributed by atoms with van der Waals surface area (Å²) in [7, 11) is 0. The van der Waals surface area contributed by atoms with Gasteiger partial charge in [0.1, 0.15) is 5.76 Å². The lowest BCUT2D eigenvalue weighted by molar-refractivity contribution is 0.0905. The summed E-state index contributed by atoms with van der Waals surface area (Å²) in [4.78, 5) is 14.7. The van der Waals surface area contributed by atoms with E-state index in [0.717, 1.165) is 42.7 Å². The zero-order valence-corrected chi connectivity index (χ0v) is 15.7. The topological polar surface area (TPSA) is 45.5 Å². The highest BCUT2D eigenvalue weighted by molar-refractivity contribution is 9.10. The molecule has 1 amide bonds. The van der Waals surface area contributed by atoms with Crippen LogP contribution in [0.2, 0.25) is 0 Å². The third-order valence-electron chi connectivity index (χ3n) is 4.65. The van der Waals surface area contributed by atoms with Crippen LogP contribution in [0.4, 0.5) is 0 Å². The largest absolute Gasteiger partial charge is 0.455 e. The van der Waals surface area contributed by atoms with Crippen LogP contribution < -0.4 is 5.32 Å². The molecule has 1 atom stereocenters. The van der Waals surface area contributed by atoms with E-state index in [1.807, 2.05) is 12.1 Å². The standard InChI is InChI=1S/C19H23BrN2O2/c1-3-22(4-2)12-15-7-10-18(24-15)19(23)21-17-9-5-13-11-14(20)6-8-16(13)17/h6-8,10-11,17H,3-5,9,12H2,1-2H3,(H,21,23)/t17-/m1/s1. The van der Waals surface area contributed by atoms with Crippen LogP contribution in [0.15, 0.2) is 39.2 Å². The number of halogens is 1. The summed E-state index contributed by atoms with van der Waals surface area (Å²) in [5.74, 6) is 1.09. The van der Waals surface area contributed by atoms with Crippen molar-refractivity contribution in [3.8, 4) is 0 Å². The van der Waals surface area contributed by atoms with Gasteiger partial charge in [0.05, 0.1) is 12.6 Å². The van der Waals surface area contributed by atoms with Crippen molar-refractivity contribution < 1.29 is 9.21 Å². The van der Waals surface area contributed by atoms with Crippen molar-refractivity contribution >= 4 is 21.8 Å². The molecule has 1 heterocycles. The van der Waals surface area contributed by atoms with E-state index in [1.54, 1.807) is 6.07 Å². The van der Waals surface area contributed by atoms with Gasteiger partial charge in [0.2, 0.25) is 0 Å². The Kier molecular flexibility index (Phi) is 5.41. The molecule has 0 bridgehead atoms. The number of aryl methyl sites for hydroxylation is 1. The molecule has 0 spiro atoms. The monoisotopic (exact) mass is 390 g/mol. The summed E-state index contributed by atoms with van der Waals surface area (Å²) in [6, 6.07) is 9.98. The molecular weight excluding hydrogens is 368 g/mol. The van der Waals surface area contributed by atoms with Gasteiger partial charge in [-0.3, -0.25) is 9.69 Å². The van der Waals surface area contributed by atoms with Crippen molar-refractivity contribution in [1.82, 2.24) is 10.2 Å². The fourth-order valence-corrected chi connectivity index (χ4v) is 3.63. The van der Waals surface area contributed by atoms with E-state index in [-0.39, 0.29) is 11.9 Å². The van der Waals surface area contributed by atoms with Crippen LogP contribution in [-0.2, 0) is 13.0 Å². The smallest absolute Gasteiger partial charge is 0.287 e. The molecule has 0 saturated heterocycles. The van der Waals surface area contributed by atoms with E-state index < -0.39 is 0 Å². The van der Waals surface area contributed by atoms with E-state index >= 15 is 0 Å². The first-order chi connectivity index (χ1) is 11.6. The van der Waals surface area contributed by atoms with Gasteiger partial charge in [-0.2, -0.15) is 0 Å². The van der Waals surface area contributed by atoms with E-state index in [2.05, 4.69) is 52.1 Å². The molecule has 0 aliphatic heterocycles. The second-order valence-corrected chi connectivity index (χ2v) is 7.05. The van der Waals surface area contributed by atoms with Crippen molar-refractivity contribution in [3.63, 3.8) is 0 Å². The molecule has 0 unspecified atom stereocenters. The predicted octanol–water partition coefficient (Wildman–Crippen LogP) is 4.30. The number of benzene rings is 1. The maximum atomic E-state index is 12.5. The summed E-state index contributed by atoms with van der Waals surface area (Å²) in [6.07, 6.45) is 1.93. The molecule has 3 rings (SSSR count). The zero-order chi connectivity index (χ0) is 17.1. The Morgan fingerprint density at radius 3 is 2.83 bits per heavy atom. The fraction of sp³-hybridized carbons (Fsp3) is 0.421. The highest BCUT2D eigenvalue weighted by atomic mass is 79.9. The lowest BCUT2D eigenvalue weighted by atomic mass is 10.1. The lowest BCUT2D eigenvalue weighted by Crippen LogP contribution is -2.26. The summed E-state index contributed by atoms with van der Waals surface area (Å²) in [6.45, 7) is 6.91. The Morgan fingerprint density at radius 1 is 1.29 bits per heavy atom. The van der Waals surface area contributed by atoms with Crippen molar-refractivity contribution in [2.45, 2.75) is 39.3 Å². The fourth-order valence-electron chi connectivity index (χ4n) is 3.22. The molecular formula is C19H23BrN2O2. The Labute approximate surface area is 151 Å². The van der Waals surface area contributed by atoms with Gasteiger partial charge in [-0.1, -0.05) is 35.8 Å². The minimum atomic E-state index is -0.137. The van der Waals surface area contributed by atoms with Crippen LogP contribution >= 0.6 is 15.9 Å². The molecule has 1 aliphatic rings. The summed E-state index contributed by atoms with van der Waals surface area (Å²) < 4.78 is 6.82. The summed E-state index contributed by atoms with van der Waals surface area (Å²) >= 11 is 3.50. The Balaban J connectivity index is 1.65. The first-order valence-electron chi connectivity index (χ1n) is 8.51. The van der Waals surface area contributed by atoms with Crippen molar-refractivity contribution in [3.05, 3.63) is 57.5 Å².